The Hall–Kier alpha value is -2.57. The van der Waals surface area contributed by atoms with Crippen molar-refractivity contribution in [2.24, 2.45) is 0 Å². The zero-order chi connectivity index (χ0) is 17.7. The van der Waals surface area contributed by atoms with Gasteiger partial charge >= 0.3 is 12.1 Å². The number of esters is 1. The number of alkyl halides is 3. The molecule has 0 amide bonds. The lowest BCUT2D eigenvalue weighted by Gasteiger charge is -2.16. The molecular weight excluding hydrogens is 323 g/mol. The van der Waals surface area contributed by atoms with Crippen LogP contribution in [0.1, 0.15) is 35.7 Å². The first kappa shape index (κ1) is 17.8. The molecule has 4 nitrogen and oxygen atoms in total. The quantitative estimate of drug-likeness (QED) is 0.740. The van der Waals surface area contributed by atoms with Crippen molar-refractivity contribution in [2.45, 2.75) is 25.9 Å². The number of hydrogen-bond acceptors (Lipinski definition) is 4. The standard InChI is InChI=1S/C17H16F3NO3/c1-3-23-16(22)13-6-9-15(21-10-13)24-14-7-4-12(5-8-14)11(2)17(18,19)20/h4-11H,3H2,1-2H3. The van der Waals surface area contributed by atoms with Gasteiger partial charge in [-0.25, -0.2) is 9.78 Å². The minimum absolute atomic E-state index is 0.153. The molecule has 1 unspecified atom stereocenters. The average Bonchev–Trinajstić information content (AvgIpc) is 2.55. The first-order valence-corrected chi connectivity index (χ1v) is 7.29. The molecule has 1 heterocycles. The summed E-state index contributed by atoms with van der Waals surface area (Å²) in [6.45, 7) is 3.07. The van der Waals surface area contributed by atoms with Gasteiger partial charge in [-0.3, -0.25) is 0 Å². The maximum Gasteiger partial charge on any atom is 0.395 e. The van der Waals surface area contributed by atoms with Gasteiger partial charge in [0.05, 0.1) is 18.1 Å². The topological polar surface area (TPSA) is 48.4 Å². The van der Waals surface area contributed by atoms with Crippen LogP contribution in [0.5, 0.6) is 11.6 Å². The van der Waals surface area contributed by atoms with Crippen molar-refractivity contribution < 1.29 is 27.4 Å². The van der Waals surface area contributed by atoms with Crippen LogP contribution in [0.25, 0.3) is 0 Å². The number of ether oxygens (including phenoxy) is 2. The Morgan fingerprint density at radius 2 is 1.83 bits per heavy atom. The molecule has 0 aliphatic carbocycles. The molecule has 0 spiro atoms. The highest BCUT2D eigenvalue weighted by Gasteiger charge is 2.36. The van der Waals surface area contributed by atoms with Gasteiger partial charge in [0.25, 0.3) is 0 Å². The van der Waals surface area contributed by atoms with Crippen molar-refractivity contribution in [1.29, 1.82) is 0 Å². The van der Waals surface area contributed by atoms with E-state index in [1.54, 1.807) is 6.92 Å². The van der Waals surface area contributed by atoms with Crippen LogP contribution in [0.15, 0.2) is 42.6 Å². The molecule has 0 saturated carbocycles. The minimum atomic E-state index is -4.28. The maximum absolute atomic E-state index is 12.7. The number of hydrogen-bond donors (Lipinski definition) is 0. The Balaban J connectivity index is 2.05. The van der Waals surface area contributed by atoms with Gasteiger partial charge in [-0.2, -0.15) is 13.2 Å². The summed E-state index contributed by atoms with van der Waals surface area (Å²) in [5.41, 5.74) is 0.444. The maximum atomic E-state index is 12.7. The zero-order valence-electron chi connectivity index (χ0n) is 13.1. The molecule has 1 atom stereocenters. The monoisotopic (exact) mass is 339 g/mol. The van der Waals surface area contributed by atoms with E-state index in [1.807, 2.05) is 0 Å². The number of benzene rings is 1. The van der Waals surface area contributed by atoms with E-state index >= 15 is 0 Å². The summed E-state index contributed by atoms with van der Waals surface area (Å²) in [5.74, 6) is -1.46. The smallest absolute Gasteiger partial charge is 0.395 e. The number of carbonyl (C=O) groups excluding carboxylic acids is 1. The lowest BCUT2D eigenvalue weighted by molar-refractivity contribution is -0.146. The van der Waals surface area contributed by atoms with Crippen LogP contribution in [-0.2, 0) is 4.74 Å². The van der Waals surface area contributed by atoms with Crippen LogP contribution >= 0.6 is 0 Å². The van der Waals surface area contributed by atoms with Crippen LogP contribution in [0.4, 0.5) is 13.2 Å². The van der Waals surface area contributed by atoms with Crippen LogP contribution < -0.4 is 4.74 Å². The van der Waals surface area contributed by atoms with Gasteiger partial charge in [0.1, 0.15) is 5.75 Å². The highest BCUT2D eigenvalue weighted by atomic mass is 19.4. The molecule has 0 aliphatic heterocycles. The molecule has 24 heavy (non-hydrogen) atoms. The summed E-state index contributed by atoms with van der Waals surface area (Å²) in [4.78, 5) is 15.5. The van der Waals surface area contributed by atoms with E-state index in [0.717, 1.165) is 6.92 Å². The van der Waals surface area contributed by atoms with E-state index in [2.05, 4.69) is 4.98 Å². The van der Waals surface area contributed by atoms with E-state index in [4.69, 9.17) is 9.47 Å². The fourth-order valence-corrected chi connectivity index (χ4v) is 1.91. The molecule has 0 aliphatic rings. The molecule has 0 saturated heterocycles. The second-order valence-electron chi connectivity index (χ2n) is 5.04. The summed E-state index contributed by atoms with van der Waals surface area (Å²) in [5, 5.41) is 0. The Kier molecular flexibility index (Phi) is 5.43. The third kappa shape index (κ3) is 4.47. The van der Waals surface area contributed by atoms with Crippen molar-refractivity contribution in [1.82, 2.24) is 4.98 Å². The van der Waals surface area contributed by atoms with Crippen LogP contribution in [0.3, 0.4) is 0 Å². The summed E-state index contributed by atoms with van der Waals surface area (Å²) < 4.78 is 48.3. The highest BCUT2D eigenvalue weighted by molar-refractivity contribution is 5.89. The fourth-order valence-electron chi connectivity index (χ4n) is 1.91. The first-order valence-electron chi connectivity index (χ1n) is 7.29. The van der Waals surface area contributed by atoms with E-state index in [1.165, 1.54) is 42.6 Å². The SMILES string of the molecule is CCOC(=O)c1ccc(Oc2ccc(C(C)C(F)(F)F)cc2)nc1. The Bertz CT molecular complexity index is 682. The molecule has 0 N–H and O–H groups in total. The second kappa shape index (κ2) is 7.33. The first-order chi connectivity index (χ1) is 11.3. The predicted molar refractivity (Wildman–Crippen MR) is 81.2 cm³/mol. The Labute approximate surface area is 137 Å². The molecule has 1 aromatic heterocycles. The number of nitrogens with zero attached hydrogens (tertiary/aromatic N) is 1. The van der Waals surface area contributed by atoms with E-state index in [-0.39, 0.29) is 18.1 Å². The summed E-state index contributed by atoms with van der Waals surface area (Å²) in [6, 6.07) is 8.59. The molecular formula is C17H16F3NO3. The second-order valence-corrected chi connectivity index (χ2v) is 5.04. The molecule has 7 heteroatoms. The van der Waals surface area contributed by atoms with Gasteiger partial charge in [0.15, 0.2) is 0 Å². The zero-order valence-corrected chi connectivity index (χ0v) is 13.1. The number of aromatic nitrogens is 1. The predicted octanol–water partition coefficient (Wildman–Crippen LogP) is 4.72. The molecule has 0 radical (unpaired) electrons. The van der Waals surface area contributed by atoms with Crippen molar-refractivity contribution in [3.05, 3.63) is 53.7 Å². The average molecular weight is 339 g/mol. The summed E-state index contributed by atoms with van der Waals surface area (Å²) >= 11 is 0. The molecule has 0 bridgehead atoms. The minimum Gasteiger partial charge on any atom is -0.462 e. The van der Waals surface area contributed by atoms with Crippen molar-refractivity contribution >= 4 is 5.97 Å². The number of carbonyl (C=O) groups is 1. The van der Waals surface area contributed by atoms with Crippen molar-refractivity contribution in [2.75, 3.05) is 6.61 Å². The number of rotatable bonds is 5. The summed E-state index contributed by atoms with van der Waals surface area (Å²) in [7, 11) is 0. The van der Waals surface area contributed by atoms with E-state index in [0.29, 0.717) is 11.3 Å². The fraction of sp³-hybridized carbons (Fsp3) is 0.294. The van der Waals surface area contributed by atoms with Crippen molar-refractivity contribution in [3.63, 3.8) is 0 Å². The largest absolute Gasteiger partial charge is 0.462 e. The third-order valence-electron chi connectivity index (χ3n) is 3.34. The van der Waals surface area contributed by atoms with Crippen LogP contribution in [0.2, 0.25) is 0 Å². The molecule has 0 fully saturated rings. The van der Waals surface area contributed by atoms with Gasteiger partial charge in [-0.15, -0.1) is 0 Å². The van der Waals surface area contributed by atoms with Gasteiger partial charge < -0.3 is 9.47 Å². The van der Waals surface area contributed by atoms with E-state index < -0.39 is 18.1 Å². The highest BCUT2D eigenvalue weighted by Crippen LogP contribution is 2.35. The molecule has 1 aromatic carbocycles. The van der Waals surface area contributed by atoms with Gasteiger partial charge in [-0.05, 0) is 37.6 Å². The van der Waals surface area contributed by atoms with Gasteiger partial charge in [-0.1, -0.05) is 12.1 Å². The molecule has 2 aromatic rings. The summed E-state index contributed by atoms with van der Waals surface area (Å²) in [6.07, 6.45) is -2.97. The normalized spacial score (nSPS) is 12.5. The lowest BCUT2D eigenvalue weighted by Crippen LogP contribution is -2.17. The van der Waals surface area contributed by atoms with Crippen molar-refractivity contribution in [3.8, 4) is 11.6 Å². The Morgan fingerprint density at radius 1 is 1.17 bits per heavy atom. The van der Waals surface area contributed by atoms with Gasteiger partial charge in [0.2, 0.25) is 5.88 Å². The van der Waals surface area contributed by atoms with Gasteiger partial charge in [0, 0.05) is 12.3 Å². The lowest BCUT2D eigenvalue weighted by atomic mass is 10.0. The molecule has 128 valence electrons. The Morgan fingerprint density at radius 3 is 2.33 bits per heavy atom. The van der Waals surface area contributed by atoms with Crippen LogP contribution in [0, 0.1) is 0 Å². The third-order valence-corrected chi connectivity index (χ3v) is 3.34. The van der Waals surface area contributed by atoms with Crippen LogP contribution in [-0.4, -0.2) is 23.7 Å². The number of pyridine rings is 1. The van der Waals surface area contributed by atoms with E-state index in [9.17, 15) is 18.0 Å². The molecule has 2 rings (SSSR count). The number of halogens is 3.